The van der Waals surface area contributed by atoms with Crippen LogP contribution in [-0.4, -0.2) is 80.3 Å². The van der Waals surface area contributed by atoms with Crippen molar-refractivity contribution in [1.82, 2.24) is 13.5 Å². The van der Waals surface area contributed by atoms with Crippen LogP contribution in [0.4, 0.5) is 0 Å². The quantitative estimate of drug-likeness (QED) is 0.723. The molecule has 3 rings (SSSR count). The second-order valence-corrected chi connectivity index (χ2v) is 9.53. The van der Waals surface area contributed by atoms with Gasteiger partial charge in [0.25, 0.3) is 10.2 Å². The van der Waals surface area contributed by atoms with Crippen LogP contribution in [0, 0.1) is 5.41 Å². The maximum Gasteiger partial charge on any atom is 0.282 e. The van der Waals surface area contributed by atoms with Gasteiger partial charge in [-0.3, -0.25) is 4.79 Å². The Labute approximate surface area is 151 Å². The fourth-order valence-electron chi connectivity index (χ4n) is 4.51. The molecule has 144 valence electrons. The second kappa shape index (κ2) is 7.50. The molecule has 3 saturated heterocycles. The molecule has 0 N–H and O–H groups in total. The van der Waals surface area contributed by atoms with E-state index in [9.17, 15) is 13.2 Å². The third kappa shape index (κ3) is 3.59. The van der Waals surface area contributed by atoms with Crippen LogP contribution < -0.4 is 0 Å². The predicted octanol–water partition coefficient (Wildman–Crippen LogP) is 1.07. The van der Waals surface area contributed by atoms with Crippen molar-refractivity contribution in [1.29, 1.82) is 0 Å². The molecule has 0 saturated carbocycles. The molecule has 8 heteroatoms. The Hall–Kier alpha value is -0.700. The summed E-state index contributed by atoms with van der Waals surface area (Å²) in [6, 6.07) is 0. The number of ether oxygens (including phenoxy) is 1. The molecule has 1 spiro atoms. The van der Waals surface area contributed by atoms with Gasteiger partial charge in [-0.05, 0) is 38.5 Å². The maximum absolute atomic E-state index is 13.0. The van der Waals surface area contributed by atoms with Crippen LogP contribution in [0.2, 0.25) is 0 Å². The first-order chi connectivity index (χ1) is 11.9. The molecule has 0 unspecified atom stereocenters. The molecule has 0 aromatic heterocycles. The molecule has 7 nitrogen and oxygen atoms in total. The second-order valence-electron chi connectivity index (χ2n) is 7.60. The third-order valence-electron chi connectivity index (χ3n) is 6.02. The summed E-state index contributed by atoms with van der Waals surface area (Å²) in [5.74, 6) is 0.163. The van der Waals surface area contributed by atoms with Gasteiger partial charge in [-0.15, -0.1) is 0 Å². The van der Waals surface area contributed by atoms with Crippen molar-refractivity contribution in [2.24, 2.45) is 5.41 Å². The normalized spacial score (nSPS) is 30.5. The van der Waals surface area contributed by atoms with Gasteiger partial charge in [-0.25, -0.2) is 0 Å². The van der Waals surface area contributed by atoms with E-state index in [-0.39, 0.29) is 12.0 Å². The molecule has 3 fully saturated rings. The summed E-state index contributed by atoms with van der Waals surface area (Å²) in [6.07, 6.45) is 5.00. The zero-order valence-electron chi connectivity index (χ0n) is 15.4. The van der Waals surface area contributed by atoms with Crippen LogP contribution in [0.1, 0.15) is 45.4 Å². The Bertz CT molecular complexity index is 587. The summed E-state index contributed by atoms with van der Waals surface area (Å²) in [6.45, 7) is 5.46. The number of methoxy groups -OCH3 is 1. The van der Waals surface area contributed by atoms with Gasteiger partial charge in [-0.2, -0.15) is 17.0 Å². The van der Waals surface area contributed by atoms with Crippen molar-refractivity contribution >= 4 is 16.1 Å². The number of nitrogens with zero attached hydrogens (tertiary/aromatic N) is 3. The molecule has 3 aliphatic heterocycles. The highest BCUT2D eigenvalue weighted by Gasteiger charge is 2.51. The Morgan fingerprint density at radius 3 is 2.48 bits per heavy atom. The predicted molar refractivity (Wildman–Crippen MR) is 95.3 cm³/mol. The summed E-state index contributed by atoms with van der Waals surface area (Å²) in [5.41, 5.74) is -0.495. The number of carbonyl (C=O) groups excluding carboxylic acids is 1. The van der Waals surface area contributed by atoms with Crippen LogP contribution in [0.15, 0.2) is 0 Å². The topological polar surface area (TPSA) is 70.2 Å². The van der Waals surface area contributed by atoms with E-state index < -0.39 is 15.6 Å². The molecular weight excluding hydrogens is 342 g/mol. The number of hydrogen-bond donors (Lipinski definition) is 0. The van der Waals surface area contributed by atoms with Crippen LogP contribution in [0.5, 0.6) is 0 Å². The molecule has 1 amide bonds. The van der Waals surface area contributed by atoms with E-state index in [0.717, 1.165) is 45.2 Å². The van der Waals surface area contributed by atoms with E-state index in [0.29, 0.717) is 32.6 Å². The SMILES string of the molecule is CCCN1CCC[C@]2(CCN(S(=O)(=O)N3CCC(OC)CC3)C2)C1=O. The monoisotopic (exact) mass is 373 g/mol. The summed E-state index contributed by atoms with van der Waals surface area (Å²) >= 11 is 0. The summed E-state index contributed by atoms with van der Waals surface area (Å²) in [5, 5.41) is 0. The molecule has 0 aromatic carbocycles. The first-order valence-corrected chi connectivity index (χ1v) is 10.9. The Morgan fingerprint density at radius 2 is 1.84 bits per heavy atom. The smallest absolute Gasteiger partial charge is 0.282 e. The molecule has 1 atom stereocenters. The summed E-state index contributed by atoms with van der Waals surface area (Å²) < 4.78 is 34.5. The van der Waals surface area contributed by atoms with E-state index in [4.69, 9.17) is 4.74 Å². The Morgan fingerprint density at radius 1 is 1.12 bits per heavy atom. The van der Waals surface area contributed by atoms with E-state index in [1.165, 1.54) is 0 Å². The van der Waals surface area contributed by atoms with Crippen LogP contribution >= 0.6 is 0 Å². The first kappa shape index (κ1) is 19.1. The van der Waals surface area contributed by atoms with Gasteiger partial charge in [0.15, 0.2) is 0 Å². The van der Waals surface area contributed by atoms with Gasteiger partial charge in [0.2, 0.25) is 5.91 Å². The zero-order chi connectivity index (χ0) is 18.1. The lowest BCUT2D eigenvalue weighted by atomic mass is 9.78. The van der Waals surface area contributed by atoms with Gasteiger partial charge in [0.1, 0.15) is 0 Å². The van der Waals surface area contributed by atoms with Gasteiger partial charge in [0.05, 0.1) is 11.5 Å². The standard InChI is InChI=1S/C17H31N3O4S/c1-3-9-18-10-4-7-17(16(18)21)8-13-20(14-17)25(22,23)19-11-5-15(24-2)6-12-19/h15H,3-14H2,1-2H3/t17-/m1/s1. The van der Waals surface area contributed by atoms with Crippen LogP contribution in [-0.2, 0) is 19.7 Å². The van der Waals surface area contributed by atoms with Crippen molar-refractivity contribution in [3.63, 3.8) is 0 Å². The number of carbonyl (C=O) groups is 1. The lowest BCUT2D eigenvalue weighted by Crippen LogP contribution is -2.52. The van der Waals surface area contributed by atoms with Crippen molar-refractivity contribution in [3.05, 3.63) is 0 Å². The lowest BCUT2D eigenvalue weighted by molar-refractivity contribution is -0.145. The number of amides is 1. The molecule has 25 heavy (non-hydrogen) atoms. The minimum atomic E-state index is -3.48. The third-order valence-corrected chi connectivity index (χ3v) is 8.01. The van der Waals surface area contributed by atoms with Gasteiger partial charge in [-0.1, -0.05) is 6.92 Å². The highest BCUT2D eigenvalue weighted by atomic mass is 32.2. The molecule has 0 aromatic rings. The molecule has 3 aliphatic rings. The number of piperidine rings is 2. The van der Waals surface area contributed by atoms with Gasteiger partial charge < -0.3 is 9.64 Å². The molecular formula is C17H31N3O4S. The average Bonchev–Trinajstić information content (AvgIpc) is 3.05. The number of likely N-dealkylation sites (tertiary alicyclic amines) is 1. The molecule has 0 aliphatic carbocycles. The molecule has 3 heterocycles. The molecule has 0 bridgehead atoms. The fraction of sp³-hybridized carbons (Fsp3) is 0.941. The summed E-state index contributed by atoms with van der Waals surface area (Å²) in [7, 11) is -1.81. The molecule has 0 radical (unpaired) electrons. The van der Waals surface area contributed by atoms with E-state index in [1.54, 1.807) is 15.7 Å². The Balaban J connectivity index is 1.68. The first-order valence-electron chi connectivity index (χ1n) is 9.50. The van der Waals surface area contributed by atoms with E-state index in [1.807, 2.05) is 4.90 Å². The lowest BCUT2D eigenvalue weighted by Gasteiger charge is -2.39. The highest BCUT2D eigenvalue weighted by molar-refractivity contribution is 7.86. The van der Waals surface area contributed by atoms with Crippen LogP contribution in [0.3, 0.4) is 0 Å². The van der Waals surface area contributed by atoms with Gasteiger partial charge in [0, 0.05) is 46.4 Å². The largest absolute Gasteiger partial charge is 0.381 e. The number of hydrogen-bond acceptors (Lipinski definition) is 4. The van der Waals surface area contributed by atoms with E-state index in [2.05, 4.69) is 6.92 Å². The maximum atomic E-state index is 13.0. The van der Waals surface area contributed by atoms with E-state index >= 15 is 0 Å². The van der Waals surface area contributed by atoms with Crippen molar-refractivity contribution in [2.75, 3.05) is 46.4 Å². The zero-order valence-corrected chi connectivity index (χ0v) is 16.3. The fourth-order valence-corrected chi connectivity index (χ4v) is 6.24. The van der Waals surface area contributed by atoms with Crippen molar-refractivity contribution < 1.29 is 17.9 Å². The minimum Gasteiger partial charge on any atom is -0.381 e. The van der Waals surface area contributed by atoms with Crippen LogP contribution in [0.25, 0.3) is 0 Å². The van der Waals surface area contributed by atoms with Crippen molar-refractivity contribution in [2.45, 2.75) is 51.6 Å². The average molecular weight is 374 g/mol. The highest BCUT2D eigenvalue weighted by Crippen LogP contribution is 2.41. The summed E-state index contributed by atoms with van der Waals surface area (Å²) in [4.78, 5) is 14.9. The number of rotatable bonds is 5. The minimum absolute atomic E-state index is 0.152. The van der Waals surface area contributed by atoms with Crippen molar-refractivity contribution in [3.8, 4) is 0 Å². The Kier molecular flexibility index (Phi) is 5.72. The van der Waals surface area contributed by atoms with Gasteiger partial charge >= 0.3 is 0 Å².